The van der Waals surface area contributed by atoms with E-state index in [1.165, 1.54) is 32.1 Å². The first-order chi connectivity index (χ1) is 7.13. The van der Waals surface area contributed by atoms with Crippen molar-refractivity contribution in [2.75, 3.05) is 0 Å². The summed E-state index contributed by atoms with van der Waals surface area (Å²) in [5.74, 6) is 2.30. The van der Waals surface area contributed by atoms with E-state index in [0.29, 0.717) is 5.92 Å². The van der Waals surface area contributed by atoms with Crippen LogP contribution in [0, 0.1) is 17.8 Å². The Morgan fingerprint density at radius 1 is 1.27 bits per heavy atom. The van der Waals surface area contributed by atoms with Crippen molar-refractivity contribution in [3.8, 4) is 0 Å². The van der Waals surface area contributed by atoms with Crippen molar-refractivity contribution in [1.82, 2.24) is 0 Å². The van der Waals surface area contributed by atoms with Crippen LogP contribution in [0.25, 0.3) is 0 Å². The minimum Gasteiger partial charge on any atom is -0.393 e. The minimum atomic E-state index is -0.0232. The van der Waals surface area contributed by atoms with Gasteiger partial charge in [0.1, 0.15) is 0 Å². The van der Waals surface area contributed by atoms with Gasteiger partial charge >= 0.3 is 0 Å². The van der Waals surface area contributed by atoms with Gasteiger partial charge in [-0.2, -0.15) is 0 Å². The van der Waals surface area contributed by atoms with Gasteiger partial charge in [0.15, 0.2) is 0 Å². The zero-order valence-electron chi connectivity index (χ0n) is 10.7. The van der Waals surface area contributed by atoms with E-state index < -0.39 is 0 Å². The van der Waals surface area contributed by atoms with E-state index in [0.717, 1.165) is 24.7 Å². The molecule has 0 aromatic heterocycles. The SMILES string of the molecule is CCCC(O)C1CCCC(CC(C)C)C1. The molecule has 3 unspecified atom stereocenters. The Morgan fingerprint density at radius 2 is 2.00 bits per heavy atom. The molecule has 1 rings (SSSR count). The van der Waals surface area contributed by atoms with Crippen molar-refractivity contribution in [2.45, 2.75) is 71.8 Å². The maximum Gasteiger partial charge on any atom is 0.0568 e. The highest BCUT2D eigenvalue weighted by molar-refractivity contribution is 4.78. The number of aliphatic hydroxyl groups is 1. The van der Waals surface area contributed by atoms with Gasteiger partial charge in [-0.25, -0.2) is 0 Å². The summed E-state index contributed by atoms with van der Waals surface area (Å²) in [5, 5.41) is 10.0. The van der Waals surface area contributed by atoms with Crippen molar-refractivity contribution < 1.29 is 5.11 Å². The zero-order chi connectivity index (χ0) is 11.3. The molecule has 0 heterocycles. The first-order valence-corrected chi connectivity index (χ1v) is 6.81. The normalized spacial score (nSPS) is 29.4. The van der Waals surface area contributed by atoms with Crippen molar-refractivity contribution in [3.05, 3.63) is 0 Å². The molecule has 1 fully saturated rings. The molecule has 0 saturated heterocycles. The second-order valence-electron chi connectivity index (χ2n) is 5.78. The van der Waals surface area contributed by atoms with Crippen LogP contribution in [0.1, 0.15) is 65.7 Å². The topological polar surface area (TPSA) is 20.2 Å². The van der Waals surface area contributed by atoms with Crippen LogP contribution in [0.2, 0.25) is 0 Å². The molecule has 1 aliphatic rings. The summed E-state index contributed by atoms with van der Waals surface area (Å²) in [7, 11) is 0. The highest BCUT2D eigenvalue weighted by atomic mass is 16.3. The van der Waals surface area contributed by atoms with Crippen molar-refractivity contribution >= 4 is 0 Å². The van der Waals surface area contributed by atoms with Crippen LogP contribution in [-0.2, 0) is 0 Å². The molecule has 0 radical (unpaired) electrons. The predicted octanol–water partition coefficient (Wildman–Crippen LogP) is 4.00. The summed E-state index contributed by atoms with van der Waals surface area (Å²) in [6, 6.07) is 0. The lowest BCUT2D eigenvalue weighted by Gasteiger charge is -2.33. The molecule has 1 heteroatoms. The average molecular weight is 212 g/mol. The average Bonchev–Trinajstić information content (AvgIpc) is 2.17. The summed E-state index contributed by atoms with van der Waals surface area (Å²) in [5.41, 5.74) is 0. The van der Waals surface area contributed by atoms with Crippen LogP contribution in [0.15, 0.2) is 0 Å². The standard InChI is InChI=1S/C14H28O/c1-4-6-14(15)13-8-5-7-12(10-13)9-11(2)3/h11-15H,4-10H2,1-3H3. The van der Waals surface area contributed by atoms with Crippen molar-refractivity contribution in [2.24, 2.45) is 17.8 Å². The second-order valence-corrected chi connectivity index (χ2v) is 5.78. The van der Waals surface area contributed by atoms with E-state index in [4.69, 9.17) is 0 Å². The van der Waals surface area contributed by atoms with Crippen LogP contribution < -0.4 is 0 Å². The van der Waals surface area contributed by atoms with Gasteiger partial charge in [-0.1, -0.05) is 40.0 Å². The van der Waals surface area contributed by atoms with Crippen LogP contribution in [0.3, 0.4) is 0 Å². The Hall–Kier alpha value is -0.0400. The maximum atomic E-state index is 10.0. The number of hydrogen-bond acceptors (Lipinski definition) is 1. The van der Waals surface area contributed by atoms with Gasteiger partial charge in [-0.3, -0.25) is 0 Å². The fourth-order valence-corrected chi connectivity index (χ4v) is 3.09. The molecular weight excluding hydrogens is 184 g/mol. The smallest absolute Gasteiger partial charge is 0.0568 e. The monoisotopic (exact) mass is 212 g/mol. The van der Waals surface area contributed by atoms with Crippen LogP contribution >= 0.6 is 0 Å². The Morgan fingerprint density at radius 3 is 2.60 bits per heavy atom. The molecule has 3 atom stereocenters. The van der Waals surface area contributed by atoms with Gasteiger partial charge in [-0.15, -0.1) is 0 Å². The number of rotatable bonds is 5. The second kappa shape index (κ2) is 6.52. The first kappa shape index (κ1) is 13.0. The molecule has 0 aromatic rings. The molecule has 0 aliphatic heterocycles. The van der Waals surface area contributed by atoms with Gasteiger partial charge < -0.3 is 5.11 Å². The lowest BCUT2D eigenvalue weighted by Crippen LogP contribution is -2.27. The summed E-state index contributed by atoms with van der Waals surface area (Å²) >= 11 is 0. The zero-order valence-corrected chi connectivity index (χ0v) is 10.7. The Balaban J connectivity index is 2.34. The minimum absolute atomic E-state index is 0.0232. The lowest BCUT2D eigenvalue weighted by molar-refractivity contribution is 0.0581. The van der Waals surface area contributed by atoms with Gasteiger partial charge in [0.2, 0.25) is 0 Å². The first-order valence-electron chi connectivity index (χ1n) is 6.81. The molecule has 15 heavy (non-hydrogen) atoms. The third kappa shape index (κ3) is 4.55. The number of aliphatic hydroxyl groups excluding tert-OH is 1. The van der Waals surface area contributed by atoms with E-state index in [1.807, 2.05) is 0 Å². The Labute approximate surface area is 95.3 Å². The molecule has 90 valence electrons. The van der Waals surface area contributed by atoms with Crippen molar-refractivity contribution in [3.63, 3.8) is 0 Å². The highest BCUT2D eigenvalue weighted by Crippen LogP contribution is 2.35. The van der Waals surface area contributed by atoms with Crippen LogP contribution in [0.4, 0.5) is 0 Å². The fourth-order valence-electron chi connectivity index (χ4n) is 3.09. The largest absolute Gasteiger partial charge is 0.393 e. The maximum absolute atomic E-state index is 10.0. The van der Waals surface area contributed by atoms with E-state index in [1.54, 1.807) is 0 Å². The van der Waals surface area contributed by atoms with Gasteiger partial charge in [-0.05, 0) is 43.4 Å². The van der Waals surface area contributed by atoms with Crippen LogP contribution in [0.5, 0.6) is 0 Å². The van der Waals surface area contributed by atoms with Crippen molar-refractivity contribution in [1.29, 1.82) is 0 Å². The molecule has 0 amide bonds. The fraction of sp³-hybridized carbons (Fsp3) is 1.00. The quantitative estimate of drug-likeness (QED) is 0.730. The summed E-state index contributed by atoms with van der Waals surface area (Å²) in [4.78, 5) is 0. The lowest BCUT2D eigenvalue weighted by atomic mass is 9.75. The summed E-state index contributed by atoms with van der Waals surface area (Å²) in [6.45, 7) is 6.79. The third-order valence-corrected chi connectivity index (χ3v) is 3.76. The molecule has 1 saturated carbocycles. The van der Waals surface area contributed by atoms with E-state index in [-0.39, 0.29) is 6.10 Å². The number of hydrogen-bond donors (Lipinski definition) is 1. The molecule has 0 spiro atoms. The highest BCUT2D eigenvalue weighted by Gasteiger charge is 2.26. The predicted molar refractivity (Wildman–Crippen MR) is 65.8 cm³/mol. The van der Waals surface area contributed by atoms with Gasteiger partial charge in [0, 0.05) is 0 Å². The summed E-state index contributed by atoms with van der Waals surface area (Å²) in [6.07, 6.45) is 8.72. The Kier molecular flexibility index (Phi) is 5.66. The third-order valence-electron chi connectivity index (χ3n) is 3.76. The molecule has 1 N–H and O–H groups in total. The van der Waals surface area contributed by atoms with E-state index in [9.17, 15) is 5.11 Å². The molecule has 1 aliphatic carbocycles. The van der Waals surface area contributed by atoms with Crippen LogP contribution in [-0.4, -0.2) is 11.2 Å². The molecule has 1 nitrogen and oxygen atoms in total. The molecular formula is C14H28O. The van der Waals surface area contributed by atoms with Gasteiger partial charge in [0.25, 0.3) is 0 Å². The molecule has 0 bridgehead atoms. The van der Waals surface area contributed by atoms with E-state index in [2.05, 4.69) is 20.8 Å². The summed E-state index contributed by atoms with van der Waals surface area (Å²) < 4.78 is 0. The van der Waals surface area contributed by atoms with E-state index >= 15 is 0 Å². The molecule has 0 aromatic carbocycles. The van der Waals surface area contributed by atoms with Gasteiger partial charge in [0.05, 0.1) is 6.10 Å². The Bertz CT molecular complexity index is 165.